The summed E-state index contributed by atoms with van der Waals surface area (Å²) in [4.78, 5) is 0. The lowest BCUT2D eigenvalue weighted by Crippen LogP contribution is -2.13. The van der Waals surface area contributed by atoms with E-state index in [4.69, 9.17) is 19.9 Å². The van der Waals surface area contributed by atoms with Crippen LogP contribution in [0.4, 0.5) is 0 Å². The Bertz CT molecular complexity index is 856. The Morgan fingerprint density at radius 2 is 1.87 bits per heavy atom. The van der Waals surface area contributed by atoms with E-state index in [9.17, 15) is 5.11 Å². The van der Waals surface area contributed by atoms with Gasteiger partial charge in [-0.15, -0.1) is 0 Å². The highest BCUT2D eigenvalue weighted by Crippen LogP contribution is 2.40. The van der Waals surface area contributed by atoms with Crippen LogP contribution in [-0.2, 0) is 0 Å². The molecular weight excluding hydrogens is 298 g/mol. The smallest absolute Gasteiger partial charge is 0.206 e. The summed E-state index contributed by atoms with van der Waals surface area (Å²) in [5.74, 6) is 0.832. The number of furan rings is 1. The second kappa shape index (κ2) is 5.53. The molecule has 0 unspecified atom stereocenters. The number of nitrogens with two attached hydrogens (primary N) is 1. The van der Waals surface area contributed by atoms with Crippen LogP contribution in [0, 0.1) is 13.8 Å². The van der Waals surface area contributed by atoms with Gasteiger partial charge in [0.25, 0.3) is 0 Å². The van der Waals surface area contributed by atoms with E-state index in [1.807, 2.05) is 0 Å². The molecule has 0 spiro atoms. The average Bonchev–Trinajstić information content (AvgIpc) is 3.11. The first kappa shape index (κ1) is 14.7. The summed E-state index contributed by atoms with van der Waals surface area (Å²) >= 11 is 0. The summed E-state index contributed by atoms with van der Waals surface area (Å²) in [6.07, 6.45) is 1.51. The molecule has 0 radical (unpaired) electrons. The summed E-state index contributed by atoms with van der Waals surface area (Å²) in [7, 11) is 0. The Kier molecular flexibility index (Phi) is 3.53. The number of hydrogen-bond donors (Lipinski definition) is 3. The topological polar surface area (TPSA) is 118 Å². The maximum Gasteiger partial charge on any atom is 0.206 e. The molecule has 0 saturated heterocycles. The number of hydrogen-bond acceptors (Lipinski definition) is 6. The van der Waals surface area contributed by atoms with Crippen molar-refractivity contribution in [2.24, 2.45) is 10.9 Å². The molecule has 4 N–H and O–H groups in total. The molecule has 0 atom stereocenters. The second-order valence-electron chi connectivity index (χ2n) is 5.08. The molecule has 23 heavy (non-hydrogen) atoms. The first-order chi connectivity index (χ1) is 11.0. The highest BCUT2D eigenvalue weighted by atomic mass is 16.5. The summed E-state index contributed by atoms with van der Waals surface area (Å²) in [6.45, 7) is 3.58. The highest BCUT2D eigenvalue weighted by Gasteiger charge is 2.25. The Morgan fingerprint density at radius 1 is 1.17 bits per heavy atom. The van der Waals surface area contributed by atoms with E-state index in [1.54, 1.807) is 38.1 Å². The van der Waals surface area contributed by atoms with Crippen molar-refractivity contribution in [2.45, 2.75) is 13.8 Å². The van der Waals surface area contributed by atoms with Crippen molar-refractivity contribution in [3.63, 3.8) is 0 Å². The zero-order valence-electron chi connectivity index (χ0n) is 12.6. The SMILES string of the molecule is Cc1noc(C)c1-c1c(-c2ccc(O)cc2)coc1/C(N)=N/O. The lowest BCUT2D eigenvalue weighted by atomic mass is 9.95. The highest BCUT2D eigenvalue weighted by molar-refractivity contribution is 6.05. The molecular formula is C16H15N3O4. The Balaban J connectivity index is 2.30. The van der Waals surface area contributed by atoms with Gasteiger partial charge in [-0.3, -0.25) is 0 Å². The average molecular weight is 313 g/mol. The molecule has 0 bridgehead atoms. The van der Waals surface area contributed by atoms with Crippen LogP contribution in [0.25, 0.3) is 22.3 Å². The van der Waals surface area contributed by atoms with Gasteiger partial charge in [-0.05, 0) is 31.5 Å². The number of aromatic nitrogens is 1. The fraction of sp³-hybridized carbons (Fsp3) is 0.125. The van der Waals surface area contributed by atoms with E-state index in [0.29, 0.717) is 17.0 Å². The summed E-state index contributed by atoms with van der Waals surface area (Å²) in [6, 6.07) is 6.64. The van der Waals surface area contributed by atoms with Crippen LogP contribution < -0.4 is 5.73 Å². The zero-order chi connectivity index (χ0) is 16.6. The van der Waals surface area contributed by atoms with E-state index in [0.717, 1.165) is 16.7 Å². The number of aryl methyl sites for hydroxylation is 2. The Labute approximate surface area is 131 Å². The molecule has 0 aliphatic rings. The largest absolute Gasteiger partial charge is 0.508 e. The molecule has 7 nitrogen and oxygen atoms in total. The minimum Gasteiger partial charge on any atom is -0.508 e. The van der Waals surface area contributed by atoms with Crippen LogP contribution in [0.5, 0.6) is 5.75 Å². The van der Waals surface area contributed by atoms with Crippen LogP contribution in [0.1, 0.15) is 17.2 Å². The van der Waals surface area contributed by atoms with Gasteiger partial charge in [0.1, 0.15) is 11.5 Å². The molecule has 0 aliphatic carbocycles. The molecule has 3 rings (SSSR count). The van der Waals surface area contributed by atoms with Gasteiger partial charge in [0, 0.05) is 11.1 Å². The number of amidine groups is 1. The van der Waals surface area contributed by atoms with Crippen LogP contribution >= 0.6 is 0 Å². The van der Waals surface area contributed by atoms with E-state index < -0.39 is 0 Å². The van der Waals surface area contributed by atoms with E-state index in [1.165, 1.54) is 6.26 Å². The van der Waals surface area contributed by atoms with Crippen molar-refractivity contribution in [2.75, 3.05) is 0 Å². The maximum atomic E-state index is 9.46. The predicted molar refractivity (Wildman–Crippen MR) is 83.3 cm³/mol. The molecule has 118 valence electrons. The van der Waals surface area contributed by atoms with Gasteiger partial charge < -0.3 is 25.0 Å². The molecule has 0 fully saturated rings. The molecule has 0 saturated carbocycles. The second-order valence-corrected chi connectivity index (χ2v) is 5.08. The van der Waals surface area contributed by atoms with Crippen molar-refractivity contribution in [3.05, 3.63) is 47.7 Å². The third-order valence-corrected chi connectivity index (χ3v) is 3.59. The van der Waals surface area contributed by atoms with Crippen molar-refractivity contribution in [1.82, 2.24) is 5.16 Å². The number of aromatic hydroxyl groups is 1. The number of benzene rings is 1. The van der Waals surface area contributed by atoms with Gasteiger partial charge in [-0.2, -0.15) is 0 Å². The molecule has 2 aromatic heterocycles. The van der Waals surface area contributed by atoms with Crippen LogP contribution in [0.3, 0.4) is 0 Å². The van der Waals surface area contributed by atoms with Gasteiger partial charge in [-0.1, -0.05) is 22.4 Å². The summed E-state index contributed by atoms with van der Waals surface area (Å²) in [5, 5.41) is 25.4. The van der Waals surface area contributed by atoms with E-state index in [-0.39, 0.29) is 17.3 Å². The minimum absolute atomic E-state index is 0.148. The molecule has 0 aliphatic heterocycles. The maximum absolute atomic E-state index is 9.46. The van der Waals surface area contributed by atoms with Gasteiger partial charge in [-0.25, -0.2) is 0 Å². The quantitative estimate of drug-likeness (QED) is 0.296. The molecule has 2 heterocycles. The number of rotatable bonds is 3. The Hall–Kier alpha value is -3.22. The summed E-state index contributed by atoms with van der Waals surface area (Å²) in [5.41, 5.74) is 9.27. The van der Waals surface area contributed by atoms with Crippen LogP contribution in [0.15, 0.2) is 44.6 Å². The van der Waals surface area contributed by atoms with Crippen molar-refractivity contribution >= 4 is 5.84 Å². The monoisotopic (exact) mass is 313 g/mol. The first-order valence-electron chi connectivity index (χ1n) is 6.85. The van der Waals surface area contributed by atoms with Crippen molar-refractivity contribution in [1.29, 1.82) is 0 Å². The van der Waals surface area contributed by atoms with Gasteiger partial charge in [0.05, 0.1) is 17.5 Å². The van der Waals surface area contributed by atoms with Crippen LogP contribution in [0.2, 0.25) is 0 Å². The number of phenols is 1. The molecule has 7 heteroatoms. The lowest BCUT2D eigenvalue weighted by Gasteiger charge is -2.06. The molecule has 3 aromatic rings. The minimum atomic E-state index is -0.148. The number of phenolic OH excluding ortho intramolecular Hbond substituents is 1. The van der Waals surface area contributed by atoms with Gasteiger partial charge in [0.2, 0.25) is 5.84 Å². The van der Waals surface area contributed by atoms with Crippen molar-refractivity contribution in [3.8, 4) is 28.0 Å². The Morgan fingerprint density at radius 3 is 2.43 bits per heavy atom. The third-order valence-electron chi connectivity index (χ3n) is 3.59. The first-order valence-corrected chi connectivity index (χ1v) is 6.85. The van der Waals surface area contributed by atoms with Gasteiger partial charge >= 0.3 is 0 Å². The fourth-order valence-corrected chi connectivity index (χ4v) is 2.53. The van der Waals surface area contributed by atoms with E-state index >= 15 is 0 Å². The van der Waals surface area contributed by atoms with Crippen LogP contribution in [-0.4, -0.2) is 21.3 Å². The normalized spacial score (nSPS) is 11.8. The number of nitrogens with zero attached hydrogens (tertiary/aromatic N) is 2. The molecule has 0 amide bonds. The third kappa shape index (κ3) is 2.42. The fourth-order valence-electron chi connectivity index (χ4n) is 2.53. The zero-order valence-corrected chi connectivity index (χ0v) is 12.6. The van der Waals surface area contributed by atoms with Crippen molar-refractivity contribution < 1.29 is 19.3 Å². The standard InChI is InChI=1S/C16H15N3O4/c1-8-13(9(2)23-19-8)14-12(7-22-15(14)16(17)18-21)10-3-5-11(20)6-4-10/h3-7,20-21H,1-2H3,(H2,17,18). The summed E-state index contributed by atoms with van der Waals surface area (Å²) < 4.78 is 10.7. The van der Waals surface area contributed by atoms with E-state index in [2.05, 4.69) is 10.3 Å². The predicted octanol–water partition coefficient (Wildman–Crippen LogP) is 3.02. The van der Waals surface area contributed by atoms with Gasteiger partial charge in [0.15, 0.2) is 5.76 Å². The number of oxime groups is 1. The lowest BCUT2D eigenvalue weighted by molar-refractivity contribution is 0.317. The molecule has 1 aromatic carbocycles.